The fourth-order valence-electron chi connectivity index (χ4n) is 2.54. The van der Waals surface area contributed by atoms with Crippen molar-refractivity contribution >= 4 is 6.21 Å². The molecule has 0 saturated carbocycles. The highest BCUT2D eigenvalue weighted by Crippen LogP contribution is 2.25. The molecular formula is C13H15N. The summed E-state index contributed by atoms with van der Waals surface area (Å²) in [7, 11) is 0. The van der Waals surface area contributed by atoms with Crippen molar-refractivity contribution in [2.75, 3.05) is 6.54 Å². The Bertz CT molecular complexity index is 390. The van der Waals surface area contributed by atoms with Crippen LogP contribution in [0.5, 0.6) is 0 Å². The smallest absolute Gasteiger partial charge is 0.0430 e. The molecule has 0 aromatic heterocycles. The Morgan fingerprint density at radius 3 is 2.50 bits per heavy atom. The van der Waals surface area contributed by atoms with Gasteiger partial charge in [-0.05, 0) is 60.4 Å². The summed E-state index contributed by atoms with van der Waals surface area (Å²) >= 11 is 0. The monoisotopic (exact) mass is 185 g/mol. The zero-order chi connectivity index (χ0) is 9.38. The number of fused-ring (bicyclic) bond motifs is 2. The van der Waals surface area contributed by atoms with Gasteiger partial charge < -0.3 is 0 Å². The quantitative estimate of drug-likeness (QED) is 0.589. The second-order valence-electron chi connectivity index (χ2n) is 4.31. The van der Waals surface area contributed by atoms with Crippen LogP contribution in [0.25, 0.3) is 0 Å². The van der Waals surface area contributed by atoms with Crippen molar-refractivity contribution in [2.24, 2.45) is 4.99 Å². The predicted molar refractivity (Wildman–Crippen MR) is 59.2 cm³/mol. The molecule has 14 heavy (non-hydrogen) atoms. The van der Waals surface area contributed by atoms with E-state index in [0.29, 0.717) is 0 Å². The van der Waals surface area contributed by atoms with Gasteiger partial charge in [0, 0.05) is 12.8 Å². The lowest BCUT2D eigenvalue weighted by Gasteiger charge is -2.19. The maximum Gasteiger partial charge on any atom is 0.0430 e. The third kappa shape index (κ3) is 1.28. The van der Waals surface area contributed by atoms with E-state index in [-0.39, 0.29) is 0 Å². The zero-order valence-corrected chi connectivity index (χ0v) is 8.42. The van der Waals surface area contributed by atoms with Crippen molar-refractivity contribution in [3.63, 3.8) is 0 Å². The van der Waals surface area contributed by atoms with Crippen LogP contribution in [-0.2, 0) is 19.3 Å². The van der Waals surface area contributed by atoms with Crippen LogP contribution in [0.2, 0.25) is 0 Å². The van der Waals surface area contributed by atoms with Gasteiger partial charge in [-0.3, -0.25) is 4.99 Å². The molecule has 0 bridgehead atoms. The van der Waals surface area contributed by atoms with E-state index in [1.807, 2.05) is 6.21 Å². The molecule has 0 unspecified atom stereocenters. The van der Waals surface area contributed by atoms with Gasteiger partial charge in [-0.25, -0.2) is 0 Å². The number of rotatable bonds is 0. The number of aryl methyl sites for hydroxylation is 2. The molecule has 0 radical (unpaired) electrons. The number of hydrogen-bond donors (Lipinski definition) is 0. The normalized spacial score (nSPS) is 18.9. The lowest BCUT2D eigenvalue weighted by atomic mass is 9.87. The van der Waals surface area contributed by atoms with Crippen LogP contribution in [0, 0.1) is 0 Å². The third-order valence-electron chi connectivity index (χ3n) is 3.34. The van der Waals surface area contributed by atoms with Crippen molar-refractivity contribution < 1.29 is 0 Å². The molecule has 1 aromatic carbocycles. The maximum absolute atomic E-state index is 4.34. The standard InChI is InChI=1S/C13H15N/c1-2-4-11-8-13-9-14-6-5-12(13)7-10(11)3-1/h7-9H,1-6H2. The minimum Gasteiger partial charge on any atom is -0.292 e. The Hall–Kier alpha value is -1.11. The Morgan fingerprint density at radius 2 is 1.64 bits per heavy atom. The second kappa shape index (κ2) is 3.23. The van der Waals surface area contributed by atoms with Crippen LogP contribution in [0.1, 0.15) is 35.1 Å². The summed E-state index contributed by atoms with van der Waals surface area (Å²) in [5.41, 5.74) is 6.06. The Labute approximate surface area is 84.9 Å². The van der Waals surface area contributed by atoms with Crippen molar-refractivity contribution in [1.29, 1.82) is 0 Å². The van der Waals surface area contributed by atoms with Gasteiger partial charge in [-0.15, -0.1) is 0 Å². The highest BCUT2D eigenvalue weighted by atomic mass is 14.7. The molecule has 0 saturated heterocycles. The lowest BCUT2D eigenvalue weighted by molar-refractivity contribution is 0.683. The summed E-state index contributed by atoms with van der Waals surface area (Å²) in [5, 5.41) is 0. The van der Waals surface area contributed by atoms with Crippen molar-refractivity contribution in [2.45, 2.75) is 32.1 Å². The number of hydrogen-bond acceptors (Lipinski definition) is 1. The highest BCUT2D eigenvalue weighted by molar-refractivity contribution is 5.83. The Morgan fingerprint density at radius 1 is 0.857 bits per heavy atom. The molecule has 3 rings (SSSR count). The average molecular weight is 185 g/mol. The molecule has 0 atom stereocenters. The second-order valence-corrected chi connectivity index (χ2v) is 4.31. The van der Waals surface area contributed by atoms with Crippen LogP contribution in [0.15, 0.2) is 17.1 Å². The van der Waals surface area contributed by atoms with Crippen molar-refractivity contribution in [3.8, 4) is 0 Å². The summed E-state index contributed by atoms with van der Waals surface area (Å²) in [6.45, 7) is 0.978. The molecule has 1 aliphatic carbocycles. The van der Waals surface area contributed by atoms with Crippen LogP contribution in [-0.4, -0.2) is 12.8 Å². The zero-order valence-electron chi connectivity index (χ0n) is 8.42. The molecule has 1 heteroatoms. The molecule has 0 amide bonds. The van der Waals surface area contributed by atoms with E-state index >= 15 is 0 Å². The van der Waals surface area contributed by atoms with E-state index in [1.165, 1.54) is 36.8 Å². The van der Waals surface area contributed by atoms with Crippen LogP contribution < -0.4 is 0 Å². The first-order valence-corrected chi connectivity index (χ1v) is 5.58. The third-order valence-corrected chi connectivity index (χ3v) is 3.34. The molecule has 1 heterocycles. The topological polar surface area (TPSA) is 12.4 Å². The molecule has 2 aliphatic rings. The number of aliphatic imine (C=N–C) groups is 1. The minimum absolute atomic E-state index is 0.978. The van der Waals surface area contributed by atoms with E-state index in [0.717, 1.165) is 13.0 Å². The van der Waals surface area contributed by atoms with E-state index < -0.39 is 0 Å². The summed E-state index contributed by atoms with van der Waals surface area (Å²) in [5.74, 6) is 0. The molecular weight excluding hydrogens is 170 g/mol. The fraction of sp³-hybridized carbons (Fsp3) is 0.462. The van der Waals surface area contributed by atoms with Gasteiger partial charge in [-0.1, -0.05) is 6.07 Å². The Kier molecular flexibility index (Phi) is 1.90. The fourth-order valence-corrected chi connectivity index (χ4v) is 2.54. The predicted octanol–water partition coefficient (Wildman–Crippen LogP) is 2.54. The van der Waals surface area contributed by atoms with Crippen molar-refractivity contribution in [3.05, 3.63) is 34.4 Å². The first-order chi connectivity index (χ1) is 6.93. The molecule has 0 N–H and O–H groups in total. The number of benzene rings is 1. The van der Waals surface area contributed by atoms with Crippen molar-refractivity contribution in [1.82, 2.24) is 0 Å². The summed E-state index contributed by atoms with van der Waals surface area (Å²) < 4.78 is 0. The van der Waals surface area contributed by atoms with Crippen LogP contribution >= 0.6 is 0 Å². The SMILES string of the molecule is C1=NCCc2cc3c(cc21)CCCC3. The minimum atomic E-state index is 0.978. The van der Waals surface area contributed by atoms with Crippen LogP contribution in [0.4, 0.5) is 0 Å². The van der Waals surface area contributed by atoms with Gasteiger partial charge in [0.15, 0.2) is 0 Å². The number of nitrogens with zero attached hydrogens (tertiary/aromatic N) is 1. The molecule has 72 valence electrons. The first kappa shape index (κ1) is 8.22. The average Bonchev–Trinajstić information content (AvgIpc) is 2.26. The van der Waals surface area contributed by atoms with E-state index in [9.17, 15) is 0 Å². The molecule has 1 aliphatic heterocycles. The Balaban J connectivity index is 2.12. The largest absolute Gasteiger partial charge is 0.292 e. The lowest BCUT2D eigenvalue weighted by Crippen LogP contribution is -2.09. The van der Waals surface area contributed by atoms with E-state index in [2.05, 4.69) is 17.1 Å². The first-order valence-electron chi connectivity index (χ1n) is 5.58. The molecule has 1 nitrogen and oxygen atoms in total. The summed E-state index contributed by atoms with van der Waals surface area (Å²) in [4.78, 5) is 4.34. The van der Waals surface area contributed by atoms with Gasteiger partial charge >= 0.3 is 0 Å². The summed E-state index contributed by atoms with van der Waals surface area (Å²) in [6.07, 6.45) is 8.49. The molecule has 0 fully saturated rings. The van der Waals surface area contributed by atoms with E-state index in [1.54, 1.807) is 11.1 Å². The van der Waals surface area contributed by atoms with Gasteiger partial charge in [0.2, 0.25) is 0 Å². The highest BCUT2D eigenvalue weighted by Gasteiger charge is 2.13. The summed E-state index contributed by atoms with van der Waals surface area (Å²) in [6, 6.07) is 4.79. The van der Waals surface area contributed by atoms with Crippen LogP contribution in [0.3, 0.4) is 0 Å². The van der Waals surface area contributed by atoms with Gasteiger partial charge in [-0.2, -0.15) is 0 Å². The van der Waals surface area contributed by atoms with Gasteiger partial charge in [0.25, 0.3) is 0 Å². The molecule has 1 aromatic rings. The maximum atomic E-state index is 4.34. The molecule has 0 spiro atoms. The van der Waals surface area contributed by atoms with Gasteiger partial charge in [0.1, 0.15) is 0 Å². The van der Waals surface area contributed by atoms with Gasteiger partial charge in [0.05, 0.1) is 0 Å². The van der Waals surface area contributed by atoms with E-state index in [4.69, 9.17) is 0 Å².